The van der Waals surface area contributed by atoms with E-state index in [1.54, 1.807) is 4.68 Å². The summed E-state index contributed by atoms with van der Waals surface area (Å²) in [6, 6.07) is 9.97. The maximum atomic E-state index is 12.2. The number of carbonyl (C=O) groups excluding carboxylic acids is 1. The maximum absolute atomic E-state index is 12.2. The number of β-amino-alcohol motifs (C(OH)–C–C–N with tert-alkyl or cyclic N) is 1. The van der Waals surface area contributed by atoms with Gasteiger partial charge in [0.15, 0.2) is 0 Å². The molecule has 1 saturated heterocycles. The third kappa shape index (κ3) is 4.36. The van der Waals surface area contributed by atoms with Gasteiger partial charge in [0, 0.05) is 12.7 Å². The molecule has 7 nitrogen and oxygen atoms in total. The number of hydrogen-bond acceptors (Lipinski definition) is 5. The highest BCUT2D eigenvalue weighted by Crippen LogP contribution is 2.27. The Labute approximate surface area is 147 Å². The first kappa shape index (κ1) is 17.4. The van der Waals surface area contributed by atoms with Crippen LogP contribution in [0.3, 0.4) is 0 Å². The molecule has 1 fully saturated rings. The number of ether oxygens (including phenoxy) is 1. The van der Waals surface area contributed by atoms with E-state index in [1.807, 2.05) is 57.3 Å². The Morgan fingerprint density at radius 2 is 2.00 bits per heavy atom. The van der Waals surface area contributed by atoms with Crippen LogP contribution in [0.1, 0.15) is 37.9 Å². The maximum Gasteiger partial charge on any atom is 0.410 e. The van der Waals surface area contributed by atoms with Gasteiger partial charge >= 0.3 is 6.09 Å². The molecule has 3 rings (SSSR count). The normalized spacial score (nSPS) is 20.7. The van der Waals surface area contributed by atoms with Crippen molar-refractivity contribution in [2.45, 2.75) is 44.9 Å². The predicted molar refractivity (Wildman–Crippen MR) is 92.1 cm³/mol. The van der Waals surface area contributed by atoms with E-state index in [4.69, 9.17) is 4.74 Å². The zero-order chi connectivity index (χ0) is 18.0. The molecular formula is C18H24N4O3. The van der Waals surface area contributed by atoms with E-state index < -0.39 is 17.8 Å². The molecule has 2 heterocycles. The van der Waals surface area contributed by atoms with Gasteiger partial charge in [-0.2, -0.15) is 0 Å². The molecule has 7 heteroatoms. The summed E-state index contributed by atoms with van der Waals surface area (Å²) in [5.74, 6) is -0.253. The molecule has 1 aromatic carbocycles. The van der Waals surface area contributed by atoms with Gasteiger partial charge < -0.3 is 14.7 Å². The number of rotatable bonds is 3. The smallest absolute Gasteiger partial charge is 0.410 e. The molecular weight excluding hydrogens is 320 g/mol. The highest BCUT2D eigenvalue weighted by atomic mass is 16.6. The summed E-state index contributed by atoms with van der Waals surface area (Å²) in [6.07, 6.45) is 0.750. The highest BCUT2D eigenvalue weighted by Gasteiger charge is 2.38. The van der Waals surface area contributed by atoms with E-state index in [-0.39, 0.29) is 12.5 Å². The zero-order valence-electron chi connectivity index (χ0n) is 14.8. The van der Waals surface area contributed by atoms with Gasteiger partial charge in [-0.15, -0.1) is 5.10 Å². The van der Waals surface area contributed by atoms with Gasteiger partial charge in [-0.25, -0.2) is 9.48 Å². The van der Waals surface area contributed by atoms with Crippen LogP contribution < -0.4 is 0 Å². The lowest BCUT2D eigenvalue weighted by Crippen LogP contribution is -2.35. The van der Waals surface area contributed by atoms with Crippen LogP contribution in [0.15, 0.2) is 36.5 Å². The van der Waals surface area contributed by atoms with Crippen molar-refractivity contribution in [3.8, 4) is 0 Å². The third-order valence-electron chi connectivity index (χ3n) is 4.06. The average Bonchev–Trinajstić information content (AvgIpc) is 3.13. The van der Waals surface area contributed by atoms with E-state index in [0.717, 1.165) is 5.56 Å². The molecule has 2 aromatic rings. The first-order valence-electron chi connectivity index (χ1n) is 8.42. The van der Waals surface area contributed by atoms with Crippen LogP contribution in [0.25, 0.3) is 0 Å². The summed E-state index contributed by atoms with van der Waals surface area (Å²) in [5, 5.41) is 18.7. The monoisotopic (exact) mass is 344 g/mol. The summed E-state index contributed by atoms with van der Waals surface area (Å²) < 4.78 is 7.12. The molecule has 1 aliphatic rings. The van der Waals surface area contributed by atoms with Gasteiger partial charge in [-0.05, 0) is 26.3 Å². The van der Waals surface area contributed by atoms with Gasteiger partial charge in [0.1, 0.15) is 5.60 Å². The molecule has 1 aliphatic heterocycles. The SMILES string of the molecule is CC(C)(C)OC(=O)N1C[C@H](c2cn(Cc3ccccc3)nn2)[C@@H](O)C1. The van der Waals surface area contributed by atoms with Crippen LogP contribution in [0.4, 0.5) is 4.79 Å². The molecule has 0 radical (unpaired) electrons. The van der Waals surface area contributed by atoms with Crippen molar-refractivity contribution in [1.29, 1.82) is 0 Å². The lowest BCUT2D eigenvalue weighted by Gasteiger charge is -2.24. The fraction of sp³-hybridized carbons (Fsp3) is 0.500. The summed E-state index contributed by atoms with van der Waals surface area (Å²) in [7, 11) is 0. The quantitative estimate of drug-likeness (QED) is 0.921. The lowest BCUT2D eigenvalue weighted by atomic mass is 10.0. The molecule has 1 aromatic heterocycles. The number of nitrogens with zero attached hydrogens (tertiary/aromatic N) is 4. The number of aliphatic hydroxyl groups is 1. The second-order valence-corrected chi connectivity index (χ2v) is 7.39. The Balaban J connectivity index is 1.65. The molecule has 0 saturated carbocycles. The van der Waals surface area contributed by atoms with E-state index in [9.17, 15) is 9.90 Å². The molecule has 0 bridgehead atoms. The minimum absolute atomic E-state index is 0.241. The van der Waals surface area contributed by atoms with Crippen LogP contribution in [-0.2, 0) is 11.3 Å². The Bertz CT molecular complexity index is 723. The summed E-state index contributed by atoms with van der Waals surface area (Å²) in [6.45, 7) is 6.70. The van der Waals surface area contributed by atoms with E-state index >= 15 is 0 Å². The molecule has 134 valence electrons. The van der Waals surface area contributed by atoms with Crippen molar-refractivity contribution >= 4 is 6.09 Å². The minimum atomic E-state index is -0.672. The van der Waals surface area contributed by atoms with Crippen molar-refractivity contribution in [3.05, 3.63) is 47.8 Å². The first-order chi connectivity index (χ1) is 11.8. The van der Waals surface area contributed by atoms with Crippen LogP contribution >= 0.6 is 0 Å². The van der Waals surface area contributed by atoms with Crippen LogP contribution in [0.5, 0.6) is 0 Å². The minimum Gasteiger partial charge on any atom is -0.444 e. The average molecular weight is 344 g/mol. The van der Waals surface area contributed by atoms with Gasteiger partial charge in [0.05, 0.1) is 30.8 Å². The summed E-state index contributed by atoms with van der Waals surface area (Å²) in [5.41, 5.74) is 1.26. The van der Waals surface area contributed by atoms with Crippen molar-refractivity contribution in [3.63, 3.8) is 0 Å². The third-order valence-corrected chi connectivity index (χ3v) is 4.06. The molecule has 0 spiro atoms. The van der Waals surface area contributed by atoms with Crippen LogP contribution in [0, 0.1) is 0 Å². The van der Waals surface area contributed by atoms with Crippen LogP contribution in [-0.4, -0.2) is 55.9 Å². The highest BCUT2D eigenvalue weighted by molar-refractivity contribution is 5.68. The number of aromatic nitrogens is 3. The number of amides is 1. The fourth-order valence-electron chi connectivity index (χ4n) is 2.88. The van der Waals surface area contributed by atoms with Gasteiger partial charge in [0.2, 0.25) is 0 Å². The fourth-order valence-corrected chi connectivity index (χ4v) is 2.88. The number of aliphatic hydroxyl groups excluding tert-OH is 1. The second-order valence-electron chi connectivity index (χ2n) is 7.39. The Morgan fingerprint density at radius 3 is 2.68 bits per heavy atom. The second kappa shape index (κ2) is 6.84. The van der Waals surface area contributed by atoms with Crippen molar-refractivity contribution in [1.82, 2.24) is 19.9 Å². The largest absolute Gasteiger partial charge is 0.444 e. The summed E-state index contributed by atoms with van der Waals surface area (Å²) in [4.78, 5) is 13.7. The number of benzene rings is 1. The van der Waals surface area contributed by atoms with Crippen molar-refractivity contribution in [2.75, 3.05) is 13.1 Å². The van der Waals surface area contributed by atoms with Crippen LogP contribution in [0.2, 0.25) is 0 Å². The molecule has 1 N–H and O–H groups in total. The molecule has 0 unspecified atom stereocenters. The first-order valence-corrected chi connectivity index (χ1v) is 8.42. The number of carbonyl (C=O) groups is 1. The van der Waals surface area contributed by atoms with Gasteiger partial charge in [0.25, 0.3) is 0 Å². The number of hydrogen-bond donors (Lipinski definition) is 1. The van der Waals surface area contributed by atoms with E-state index in [0.29, 0.717) is 18.8 Å². The zero-order valence-corrected chi connectivity index (χ0v) is 14.8. The van der Waals surface area contributed by atoms with Crippen molar-refractivity contribution < 1.29 is 14.6 Å². The summed E-state index contributed by atoms with van der Waals surface area (Å²) >= 11 is 0. The molecule has 0 aliphatic carbocycles. The van der Waals surface area contributed by atoms with E-state index in [1.165, 1.54) is 4.90 Å². The predicted octanol–water partition coefficient (Wildman–Crippen LogP) is 2.02. The number of likely N-dealkylation sites (tertiary alicyclic amines) is 1. The molecule has 25 heavy (non-hydrogen) atoms. The lowest BCUT2D eigenvalue weighted by molar-refractivity contribution is 0.0270. The molecule has 1 amide bonds. The molecule has 2 atom stereocenters. The Morgan fingerprint density at radius 1 is 1.28 bits per heavy atom. The Hall–Kier alpha value is -2.41. The van der Waals surface area contributed by atoms with E-state index in [2.05, 4.69) is 10.3 Å². The Kier molecular flexibility index (Phi) is 4.76. The van der Waals surface area contributed by atoms with Crippen molar-refractivity contribution in [2.24, 2.45) is 0 Å². The standard InChI is InChI=1S/C18H24N4O3/c1-18(2,3)25-17(24)21-10-14(16(23)12-21)15-11-22(20-19-15)9-13-7-5-4-6-8-13/h4-8,11,14,16,23H,9-10,12H2,1-3H3/t14-,16+/m1/s1. The topological polar surface area (TPSA) is 80.5 Å². The van der Waals surface area contributed by atoms with Gasteiger partial charge in [-0.3, -0.25) is 0 Å². The van der Waals surface area contributed by atoms with Gasteiger partial charge in [-0.1, -0.05) is 35.5 Å².